The van der Waals surface area contributed by atoms with Gasteiger partial charge in [0.2, 0.25) is 10.0 Å². The van der Waals surface area contributed by atoms with Crippen LogP contribution in [0.3, 0.4) is 0 Å². The summed E-state index contributed by atoms with van der Waals surface area (Å²) < 4.78 is 27.6. The molecule has 0 aliphatic rings. The van der Waals surface area contributed by atoms with Crippen LogP contribution in [-0.4, -0.2) is 14.0 Å². The van der Waals surface area contributed by atoms with Gasteiger partial charge in [-0.1, -0.05) is 19.8 Å². The minimum absolute atomic E-state index is 0.222. The van der Waals surface area contributed by atoms with E-state index in [0.29, 0.717) is 17.7 Å². The molecule has 0 saturated carbocycles. The number of benzene rings is 1. The first kappa shape index (κ1) is 16.5. The number of rotatable bonds is 5. The van der Waals surface area contributed by atoms with Gasteiger partial charge in [-0.3, -0.25) is 0 Å². The molecule has 4 nitrogen and oxygen atoms in total. The lowest BCUT2D eigenvalue weighted by Gasteiger charge is -2.21. The van der Waals surface area contributed by atoms with Crippen LogP contribution in [0.4, 0.5) is 5.69 Å². The van der Waals surface area contributed by atoms with Crippen molar-refractivity contribution in [3.8, 4) is 12.3 Å². The van der Waals surface area contributed by atoms with Crippen molar-refractivity contribution in [1.29, 1.82) is 0 Å². The highest BCUT2D eigenvalue weighted by atomic mass is 32.2. The third-order valence-corrected chi connectivity index (χ3v) is 4.83. The van der Waals surface area contributed by atoms with Gasteiger partial charge in [-0.25, -0.2) is 8.42 Å². The van der Waals surface area contributed by atoms with Crippen molar-refractivity contribution in [2.45, 2.75) is 51.0 Å². The maximum Gasteiger partial charge on any atom is 0.242 e. The molecule has 0 amide bonds. The summed E-state index contributed by atoms with van der Waals surface area (Å²) >= 11 is 0. The Morgan fingerprint density at radius 3 is 2.35 bits per heavy atom. The molecule has 0 unspecified atom stereocenters. The Kier molecular flexibility index (Phi) is 4.85. The molecule has 0 radical (unpaired) electrons. The zero-order valence-corrected chi connectivity index (χ0v) is 13.3. The Balaban J connectivity index is 3.45. The summed E-state index contributed by atoms with van der Waals surface area (Å²) in [7, 11) is -3.70. The van der Waals surface area contributed by atoms with E-state index in [2.05, 4.69) is 10.6 Å². The number of nitrogen functional groups attached to an aromatic ring is 1. The molecule has 5 heteroatoms. The molecule has 0 atom stereocenters. The first-order chi connectivity index (χ1) is 9.16. The molecule has 0 fully saturated rings. The second-order valence-electron chi connectivity index (χ2n) is 5.24. The number of anilines is 1. The molecule has 3 N–H and O–H groups in total. The van der Waals surface area contributed by atoms with Crippen molar-refractivity contribution in [1.82, 2.24) is 4.72 Å². The Labute approximate surface area is 121 Å². The average molecular weight is 294 g/mol. The molecular formula is C15H22N2O2S. The maximum absolute atomic E-state index is 12.5. The van der Waals surface area contributed by atoms with Gasteiger partial charge in [-0.2, -0.15) is 4.72 Å². The highest BCUT2D eigenvalue weighted by molar-refractivity contribution is 7.89. The molecule has 0 bridgehead atoms. The van der Waals surface area contributed by atoms with Gasteiger partial charge in [0.15, 0.2) is 0 Å². The van der Waals surface area contributed by atoms with Crippen LogP contribution in [0.1, 0.15) is 38.8 Å². The lowest BCUT2D eigenvalue weighted by atomic mass is 10.1. The normalized spacial score (nSPS) is 12.2. The summed E-state index contributed by atoms with van der Waals surface area (Å²) in [4.78, 5) is 0.222. The molecule has 0 spiro atoms. The number of sulfonamides is 1. The van der Waals surface area contributed by atoms with Crippen molar-refractivity contribution >= 4 is 15.7 Å². The summed E-state index contributed by atoms with van der Waals surface area (Å²) in [5.41, 5.74) is 7.05. The number of nitrogens with two attached hydrogens (primary N) is 1. The molecule has 0 saturated heterocycles. The third-order valence-electron chi connectivity index (χ3n) is 3.10. The van der Waals surface area contributed by atoms with Crippen molar-refractivity contribution in [2.75, 3.05) is 5.73 Å². The minimum Gasteiger partial charge on any atom is -0.398 e. The van der Waals surface area contributed by atoms with Crippen LogP contribution >= 0.6 is 0 Å². The van der Waals surface area contributed by atoms with Crippen LogP contribution < -0.4 is 10.5 Å². The number of terminal acetylenes is 1. The van der Waals surface area contributed by atoms with Crippen LogP contribution in [-0.2, 0) is 22.9 Å². The largest absolute Gasteiger partial charge is 0.398 e. The summed E-state index contributed by atoms with van der Waals surface area (Å²) in [6.45, 7) is 7.12. The molecule has 0 aliphatic heterocycles. The molecule has 20 heavy (non-hydrogen) atoms. The molecule has 1 rings (SSSR count). The van der Waals surface area contributed by atoms with Crippen molar-refractivity contribution in [3.05, 3.63) is 23.3 Å². The first-order valence-corrected chi connectivity index (χ1v) is 8.08. The highest BCUT2D eigenvalue weighted by Gasteiger charge is 2.27. The average Bonchev–Trinajstić information content (AvgIpc) is 2.36. The number of nitrogens with one attached hydrogen (secondary N) is 1. The van der Waals surface area contributed by atoms with E-state index in [0.717, 1.165) is 12.0 Å². The summed E-state index contributed by atoms with van der Waals surface area (Å²) in [5, 5.41) is 0. The van der Waals surface area contributed by atoms with Crippen LogP contribution in [0.5, 0.6) is 0 Å². The van der Waals surface area contributed by atoms with E-state index in [9.17, 15) is 8.42 Å². The predicted molar refractivity (Wildman–Crippen MR) is 82.8 cm³/mol. The molecule has 0 aliphatic carbocycles. The predicted octanol–water partition coefficient (Wildman–Crippen LogP) is 2.08. The zero-order chi connectivity index (χ0) is 15.6. The lowest BCUT2D eigenvalue weighted by Crippen LogP contribution is -2.42. The van der Waals surface area contributed by atoms with E-state index < -0.39 is 15.6 Å². The van der Waals surface area contributed by atoms with E-state index in [-0.39, 0.29) is 4.90 Å². The fraction of sp³-hybridized carbons (Fsp3) is 0.467. The fourth-order valence-electron chi connectivity index (χ4n) is 1.97. The van der Waals surface area contributed by atoms with Gasteiger partial charge in [-0.05, 0) is 49.9 Å². The quantitative estimate of drug-likeness (QED) is 0.645. The second kappa shape index (κ2) is 5.86. The molecular weight excluding hydrogens is 272 g/mol. The van der Waals surface area contributed by atoms with Gasteiger partial charge in [-0.15, -0.1) is 6.42 Å². The Morgan fingerprint density at radius 1 is 1.30 bits per heavy atom. The topological polar surface area (TPSA) is 72.2 Å². The Bertz CT molecular complexity index is 641. The summed E-state index contributed by atoms with van der Waals surface area (Å²) in [6, 6.07) is 3.49. The SMILES string of the molecule is C#CC(C)(C)NS(=O)(=O)c1cc(CC)cc(N)c1CC. The third kappa shape index (κ3) is 3.53. The van der Waals surface area contributed by atoms with Gasteiger partial charge in [0.05, 0.1) is 10.4 Å². The van der Waals surface area contributed by atoms with Gasteiger partial charge in [0, 0.05) is 5.69 Å². The van der Waals surface area contributed by atoms with Gasteiger partial charge < -0.3 is 5.73 Å². The van der Waals surface area contributed by atoms with Crippen molar-refractivity contribution < 1.29 is 8.42 Å². The first-order valence-electron chi connectivity index (χ1n) is 6.59. The van der Waals surface area contributed by atoms with Crippen LogP contribution in [0.15, 0.2) is 17.0 Å². The van der Waals surface area contributed by atoms with Gasteiger partial charge in [0.1, 0.15) is 0 Å². The van der Waals surface area contributed by atoms with Gasteiger partial charge in [0.25, 0.3) is 0 Å². The Hall–Kier alpha value is -1.51. The van der Waals surface area contributed by atoms with Crippen LogP contribution in [0.2, 0.25) is 0 Å². The molecule has 110 valence electrons. The number of aryl methyl sites for hydroxylation is 1. The minimum atomic E-state index is -3.70. The number of hydrogen-bond acceptors (Lipinski definition) is 3. The highest BCUT2D eigenvalue weighted by Crippen LogP contribution is 2.26. The molecule has 0 aromatic heterocycles. The van der Waals surface area contributed by atoms with Crippen LogP contribution in [0, 0.1) is 12.3 Å². The standard InChI is InChI=1S/C15H22N2O2S/c1-6-11-9-13(16)12(7-2)14(10-11)20(18,19)17-15(4,5)8-3/h3,9-10,17H,6-7,16H2,1-2,4-5H3. The van der Waals surface area contributed by atoms with Crippen molar-refractivity contribution in [3.63, 3.8) is 0 Å². The molecule has 1 aromatic rings. The van der Waals surface area contributed by atoms with E-state index in [4.69, 9.17) is 12.2 Å². The van der Waals surface area contributed by atoms with E-state index in [1.54, 1.807) is 19.9 Å². The molecule has 0 heterocycles. The summed E-state index contributed by atoms with van der Waals surface area (Å²) in [5.74, 6) is 2.43. The zero-order valence-electron chi connectivity index (χ0n) is 12.4. The second-order valence-corrected chi connectivity index (χ2v) is 6.89. The molecule has 1 aromatic carbocycles. The summed E-state index contributed by atoms with van der Waals surface area (Å²) in [6.07, 6.45) is 6.61. The fourth-order valence-corrected chi connectivity index (χ4v) is 3.70. The van der Waals surface area contributed by atoms with E-state index in [1.807, 2.05) is 19.9 Å². The van der Waals surface area contributed by atoms with E-state index >= 15 is 0 Å². The monoisotopic (exact) mass is 294 g/mol. The Morgan fingerprint density at radius 2 is 1.90 bits per heavy atom. The lowest BCUT2D eigenvalue weighted by molar-refractivity contribution is 0.538. The maximum atomic E-state index is 12.5. The van der Waals surface area contributed by atoms with Crippen molar-refractivity contribution in [2.24, 2.45) is 0 Å². The smallest absolute Gasteiger partial charge is 0.242 e. The van der Waals surface area contributed by atoms with Crippen LogP contribution in [0.25, 0.3) is 0 Å². The number of hydrogen-bond donors (Lipinski definition) is 2. The van der Waals surface area contributed by atoms with E-state index in [1.165, 1.54) is 0 Å². The van der Waals surface area contributed by atoms with Gasteiger partial charge >= 0.3 is 0 Å².